The second-order valence-electron chi connectivity index (χ2n) is 3.66. The van der Waals surface area contributed by atoms with Crippen molar-refractivity contribution in [1.82, 2.24) is 10.0 Å². The van der Waals surface area contributed by atoms with Crippen LogP contribution in [0.1, 0.15) is 20.8 Å². The van der Waals surface area contributed by atoms with Gasteiger partial charge in [-0.1, -0.05) is 6.92 Å². The van der Waals surface area contributed by atoms with Crippen molar-refractivity contribution in [2.24, 2.45) is 0 Å². The number of hydrogen-bond acceptors (Lipinski definition) is 4. The molecule has 1 heterocycles. The minimum Gasteiger partial charge on any atom is -0.264 e. The molecule has 1 saturated heterocycles. The number of nitro groups is 1. The summed E-state index contributed by atoms with van der Waals surface area (Å²) in [6, 6.07) is -0.0627. The van der Waals surface area contributed by atoms with Crippen LogP contribution in [-0.2, 0) is 0 Å². The van der Waals surface area contributed by atoms with Crippen molar-refractivity contribution in [2.75, 3.05) is 19.6 Å². The molecule has 76 valence electrons. The van der Waals surface area contributed by atoms with Gasteiger partial charge in [-0.3, -0.25) is 10.1 Å². The first-order valence-electron chi connectivity index (χ1n) is 4.71. The van der Waals surface area contributed by atoms with Crippen LogP contribution in [0, 0.1) is 10.1 Å². The van der Waals surface area contributed by atoms with Gasteiger partial charge < -0.3 is 0 Å². The Morgan fingerprint density at radius 2 is 2.15 bits per heavy atom. The van der Waals surface area contributed by atoms with Crippen molar-refractivity contribution in [2.45, 2.75) is 32.9 Å². The predicted octanol–water partition coefficient (Wildman–Crippen LogP) is 0.593. The van der Waals surface area contributed by atoms with Gasteiger partial charge >= 0.3 is 0 Å². The monoisotopic (exact) mass is 187 g/mol. The third kappa shape index (κ3) is 2.16. The summed E-state index contributed by atoms with van der Waals surface area (Å²) in [6.07, 6.45) is 0. The molecule has 0 aromatic rings. The lowest BCUT2D eigenvalue weighted by Crippen LogP contribution is -2.41. The molecule has 1 fully saturated rings. The lowest BCUT2D eigenvalue weighted by Gasteiger charge is -2.28. The molecular formula is C8H17N3O2. The summed E-state index contributed by atoms with van der Waals surface area (Å²) in [4.78, 5) is 10.4. The summed E-state index contributed by atoms with van der Waals surface area (Å²) >= 11 is 0. The first-order valence-corrected chi connectivity index (χ1v) is 4.71. The average Bonchev–Trinajstić information content (AvgIpc) is 2.47. The van der Waals surface area contributed by atoms with E-state index < -0.39 is 6.04 Å². The molecule has 0 radical (unpaired) electrons. The highest BCUT2D eigenvalue weighted by molar-refractivity contribution is 4.77. The molecule has 1 aliphatic rings. The van der Waals surface area contributed by atoms with Crippen molar-refractivity contribution in [3.8, 4) is 0 Å². The minimum absolute atomic E-state index is 0.176. The van der Waals surface area contributed by atoms with Gasteiger partial charge in [0.2, 0.25) is 6.04 Å². The maximum absolute atomic E-state index is 10.6. The predicted molar refractivity (Wildman–Crippen MR) is 49.9 cm³/mol. The van der Waals surface area contributed by atoms with E-state index in [4.69, 9.17) is 0 Å². The number of likely N-dealkylation sites (N-methyl/N-ethyl adjacent to an activating group) is 1. The fourth-order valence-corrected chi connectivity index (χ4v) is 1.72. The third-order valence-corrected chi connectivity index (χ3v) is 2.44. The zero-order chi connectivity index (χ0) is 10.0. The van der Waals surface area contributed by atoms with Crippen LogP contribution < -0.4 is 0 Å². The molecule has 5 nitrogen and oxygen atoms in total. The summed E-state index contributed by atoms with van der Waals surface area (Å²) in [5.41, 5.74) is 0. The smallest absolute Gasteiger partial charge is 0.240 e. The van der Waals surface area contributed by atoms with E-state index in [-0.39, 0.29) is 4.92 Å². The molecular weight excluding hydrogens is 170 g/mol. The molecule has 0 saturated carbocycles. The van der Waals surface area contributed by atoms with E-state index in [9.17, 15) is 10.1 Å². The van der Waals surface area contributed by atoms with Gasteiger partial charge in [0, 0.05) is 17.5 Å². The Kier molecular flexibility index (Phi) is 3.22. The molecule has 1 atom stereocenters. The molecule has 5 heteroatoms. The van der Waals surface area contributed by atoms with Gasteiger partial charge in [-0.15, -0.1) is 0 Å². The standard InChI is InChI=1S/C8H17N3O2/c1-4-9-5-8(11(12)13)6-10(9)7(2)3/h7-8H,4-6H2,1-3H3. The van der Waals surface area contributed by atoms with Gasteiger partial charge in [-0.2, -0.15) is 0 Å². The van der Waals surface area contributed by atoms with Gasteiger partial charge in [0.25, 0.3) is 0 Å². The topological polar surface area (TPSA) is 49.6 Å². The van der Waals surface area contributed by atoms with Crippen molar-refractivity contribution < 1.29 is 4.92 Å². The summed E-state index contributed by atoms with van der Waals surface area (Å²) in [7, 11) is 0. The van der Waals surface area contributed by atoms with E-state index in [1.54, 1.807) is 0 Å². The molecule has 0 aliphatic carbocycles. The normalized spacial score (nSPS) is 25.7. The number of hydrazine groups is 1. The summed E-state index contributed by atoms with van der Waals surface area (Å²) in [5.74, 6) is 0. The van der Waals surface area contributed by atoms with E-state index >= 15 is 0 Å². The molecule has 0 spiro atoms. The Balaban J connectivity index is 2.61. The fourth-order valence-electron chi connectivity index (χ4n) is 1.72. The van der Waals surface area contributed by atoms with Crippen LogP contribution in [0.25, 0.3) is 0 Å². The van der Waals surface area contributed by atoms with Crippen LogP contribution in [-0.4, -0.2) is 46.7 Å². The lowest BCUT2D eigenvalue weighted by molar-refractivity contribution is -0.515. The van der Waals surface area contributed by atoms with E-state index in [1.165, 1.54) is 0 Å². The molecule has 1 unspecified atom stereocenters. The molecule has 0 N–H and O–H groups in total. The van der Waals surface area contributed by atoms with E-state index in [1.807, 2.05) is 6.92 Å². The number of hydrogen-bond donors (Lipinski definition) is 0. The molecule has 1 rings (SSSR count). The van der Waals surface area contributed by atoms with E-state index in [0.29, 0.717) is 19.1 Å². The van der Waals surface area contributed by atoms with Gasteiger partial charge in [0.05, 0.1) is 13.1 Å². The maximum atomic E-state index is 10.6. The zero-order valence-electron chi connectivity index (χ0n) is 8.43. The highest BCUT2D eigenvalue weighted by Gasteiger charge is 2.37. The van der Waals surface area contributed by atoms with Crippen LogP contribution in [0.4, 0.5) is 0 Å². The maximum Gasteiger partial charge on any atom is 0.240 e. The average molecular weight is 187 g/mol. The van der Waals surface area contributed by atoms with Crippen LogP contribution in [0.5, 0.6) is 0 Å². The first kappa shape index (κ1) is 10.4. The van der Waals surface area contributed by atoms with Crippen molar-refractivity contribution in [3.63, 3.8) is 0 Å². The Morgan fingerprint density at radius 3 is 2.46 bits per heavy atom. The largest absolute Gasteiger partial charge is 0.264 e. The van der Waals surface area contributed by atoms with Crippen LogP contribution in [0.15, 0.2) is 0 Å². The Hall–Kier alpha value is -0.680. The SMILES string of the molecule is CCN1CC([N+](=O)[O-])CN1C(C)C. The summed E-state index contributed by atoms with van der Waals surface area (Å²) in [6.45, 7) is 8.11. The summed E-state index contributed by atoms with van der Waals surface area (Å²) < 4.78 is 0. The van der Waals surface area contributed by atoms with Crippen molar-refractivity contribution in [3.05, 3.63) is 10.1 Å². The third-order valence-electron chi connectivity index (χ3n) is 2.44. The van der Waals surface area contributed by atoms with Crippen LogP contribution >= 0.6 is 0 Å². The highest BCUT2D eigenvalue weighted by Crippen LogP contribution is 2.15. The van der Waals surface area contributed by atoms with Crippen LogP contribution in [0.2, 0.25) is 0 Å². The molecule has 0 bridgehead atoms. The second-order valence-corrected chi connectivity index (χ2v) is 3.66. The van der Waals surface area contributed by atoms with Gasteiger partial charge in [-0.25, -0.2) is 10.0 Å². The van der Waals surface area contributed by atoms with Gasteiger partial charge in [0.1, 0.15) is 0 Å². The fraction of sp³-hybridized carbons (Fsp3) is 1.00. The van der Waals surface area contributed by atoms with Crippen molar-refractivity contribution in [1.29, 1.82) is 0 Å². The second kappa shape index (κ2) is 4.02. The molecule has 0 amide bonds. The Morgan fingerprint density at radius 1 is 1.54 bits per heavy atom. The number of nitrogens with zero attached hydrogens (tertiary/aromatic N) is 3. The Bertz CT molecular complexity index is 196. The van der Waals surface area contributed by atoms with Gasteiger partial charge in [-0.05, 0) is 13.8 Å². The molecule has 0 aromatic heterocycles. The quantitative estimate of drug-likeness (QED) is 0.479. The highest BCUT2D eigenvalue weighted by atomic mass is 16.6. The zero-order valence-corrected chi connectivity index (χ0v) is 8.43. The van der Waals surface area contributed by atoms with Gasteiger partial charge in [0.15, 0.2) is 0 Å². The van der Waals surface area contributed by atoms with E-state index in [0.717, 1.165) is 6.54 Å². The Labute approximate surface area is 78.4 Å². The first-order chi connectivity index (χ1) is 6.06. The molecule has 1 aliphatic heterocycles. The van der Waals surface area contributed by atoms with Crippen LogP contribution in [0.3, 0.4) is 0 Å². The summed E-state index contributed by atoms with van der Waals surface area (Å²) in [5, 5.41) is 14.7. The number of rotatable bonds is 3. The van der Waals surface area contributed by atoms with E-state index in [2.05, 4.69) is 23.9 Å². The van der Waals surface area contributed by atoms with Crippen molar-refractivity contribution >= 4 is 0 Å². The lowest BCUT2D eigenvalue weighted by atomic mass is 10.3. The molecule has 13 heavy (non-hydrogen) atoms. The molecule has 0 aromatic carbocycles. The minimum atomic E-state index is -0.414.